The van der Waals surface area contributed by atoms with Crippen molar-refractivity contribution in [1.82, 2.24) is 4.90 Å². The number of nitrogens with zero attached hydrogens (tertiary/aromatic N) is 1. The highest BCUT2D eigenvalue weighted by molar-refractivity contribution is 7.86. The highest BCUT2D eigenvalue weighted by atomic mass is 32.2. The number of carbonyl (C=O) groups excluding carboxylic acids is 2. The van der Waals surface area contributed by atoms with Crippen molar-refractivity contribution in [3.05, 3.63) is 35.9 Å². The first-order chi connectivity index (χ1) is 11.5. The fourth-order valence-electron chi connectivity index (χ4n) is 3.19. The monoisotopic (exact) mass is 350 g/mol. The molecule has 2 amide bonds. The SMILES string of the molecule is CCC(c1ccccc1)S(=O)C(C)C(=O)N1CCC(C(N)=O)CC1. The minimum Gasteiger partial charge on any atom is -0.369 e. The van der Waals surface area contributed by atoms with Crippen LogP contribution in [0.2, 0.25) is 0 Å². The molecule has 3 atom stereocenters. The van der Waals surface area contributed by atoms with Crippen molar-refractivity contribution in [3.63, 3.8) is 0 Å². The third-order valence-corrected chi connectivity index (χ3v) is 6.79. The van der Waals surface area contributed by atoms with Gasteiger partial charge >= 0.3 is 0 Å². The van der Waals surface area contributed by atoms with E-state index in [2.05, 4.69) is 0 Å². The van der Waals surface area contributed by atoms with Gasteiger partial charge in [0.25, 0.3) is 0 Å². The molecule has 1 heterocycles. The Hall–Kier alpha value is -1.69. The second kappa shape index (κ2) is 8.42. The van der Waals surface area contributed by atoms with Gasteiger partial charge in [0, 0.05) is 29.8 Å². The van der Waals surface area contributed by atoms with E-state index in [0.717, 1.165) is 12.0 Å². The lowest BCUT2D eigenvalue weighted by Gasteiger charge is -2.33. The van der Waals surface area contributed by atoms with Crippen LogP contribution < -0.4 is 5.73 Å². The molecule has 0 saturated carbocycles. The molecule has 5 nitrogen and oxygen atoms in total. The summed E-state index contributed by atoms with van der Waals surface area (Å²) < 4.78 is 12.9. The molecular formula is C18H26N2O3S. The zero-order valence-electron chi connectivity index (χ0n) is 14.3. The fraction of sp³-hybridized carbons (Fsp3) is 0.556. The summed E-state index contributed by atoms with van der Waals surface area (Å²) in [4.78, 5) is 25.6. The second-order valence-electron chi connectivity index (χ2n) is 6.28. The lowest BCUT2D eigenvalue weighted by Crippen LogP contribution is -2.46. The van der Waals surface area contributed by atoms with E-state index in [-0.39, 0.29) is 23.0 Å². The smallest absolute Gasteiger partial charge is 0.238 e. The molecule has 1 aromatic carbocycles. The van der Waals surface area contributed by atoms with E-state index in [9.17, 15) is 13.8 Å². The highest BCUT2D eigenvalue weighted by Crippen LogP contribution is 2.27. The maximum absolute atomic E-state index is 12.9. The van der Waals surface area contributed by atoms with E-state index in [4.69, 9.17) is 5.73 Å². The number of hydrogen-bond acceptors (Lipinski definition) is 3. The number of primary amides is 1. The Morgan fingerprint density at radius 2 is 1.83 bits per heavy atom. The molecular weight excluding hydrogens is 324 g/mol. The van der Waals surface area contributed by atoms with E-state index in [1.807, 2.05) is 37.3 Å². The van der Waals surface area contributed by atoms with Crippen LogP contribution in [-0.4, -0.2) is 39.3 Å². The van der Waals surface area contributed by atoms with E-state index in [1.165, 1.54) is 0 Å². The molecule has 2 N–H and O–H groups in total. The molecule has 0 aromatic heterocycles. The Morgan fingerprint density at radius 3 is 2.33 bits per heavy atom. The van der Waals surface area contributed by atoms with Crippen LogP contribution in [0.25, 0.3) is 0 Å². The predicted octanol–water partition coefficient (Wildman–Crippen LogP) is 2.00. The quantitative estimate of drug-likeness (QED) is 0.852. The Labute approximate surface area is 146 Å². The molecule has 132 valence electrons. The number of amides is 2. The van der Waals surface area contributed by atoms with Gasteiger partial charge in [-0.1, -0.05) is 37.3 Å². The van der Waals surface area contributed by atoms with Crippen molar-refractivity contribution in [1.29, 1.82) is 0 Å². The largest absolute Gasteiger partial charge is 0.369 e. The number of likely N-dealkylation sites (tertiary alicyclic amines) is 1. The van der Waals surface area contributed by atoms with E-state index in [1.54, 1.807) is 11.8 Å². The van der Waals surface area contributed by atoms with Gasteiger partial charge in [0.05, 0.1) is 5.25 Å². The van der Waals surface area contributed by atoms with Gasteiger partial charge in [-0.3, -0.25) is 13.8 Å². The normalized spacial score (nSPS) is 19.5. The molecule has 2 rings (SSSR count). The maximum Gasteiger partial charge on any atom is 0.238 e. The molecule has 0 aliphatic carbocycles. The molecule has 1 saturated heterocycles. The molecule has 3 unspecified atom stereocenters. The van der Waals surface area contributed by atoms with Crippen molar-refractivity contribution in [2.45, 2.75) is 43.6 Å². The Balaban J connectivity index is 2.02. The Morgan fingerprint density at radius 1 is 1.25 bits per heavy atom. The Bertz CT molecular complexity index is 598. The van der Waals surface area contributed by atoms with Crippen LogP contribution >= 0.6 is 0 Å². The molecule has 0 radical (unpaired) electrons. The van der Waals surface area contributed by atoms with Gasteiger partial charge < -0.3 is 10.6 Å². The standard InChI is InChI=1S/C18H26N2O3S/c1-3-16(14-7-5-4-6-8-14)24(23)13(2)18(22)20-11-9-15(10-12-20)17(19)21/h4-8,13,15-16H,3,9-12H2,1-2H3,(H2,19,21). The van der Waals surface area contributed by atoms with E-state index >= 15 is 0 Å². The van der Waals surface area contributed by atoms with Crippen LogP contribution in [0.15, 0.2) is 30.3 Å². The molecule has 1 aliphatic heterocycles. The summed E-state index contributed by atoms with van der Waals surface area (Å²) in [7, 11) is -1.29. The molecule has 0 bridgehead atoms. The third kappa shape index (κ3) is 4.23. The summed E-state index contributed by atoms with van der Waals surface area (Å²) in [5, 5.41) is -0.700. The van der Waals surface area contributed by atoms with Gasteiger partial charge in [0.1, 0.15) is 5.25 Å². The summed E-state index contributed by atoms with van der Waals surface area (Å²) in [6.07, 6.45) is 1.91. The predicted molar refractivity (Wildman–Crippen MR) is 95.6 cm³/mol. The topological polar surface area (TPSA) is 80.5 Å². The summed E-state index contributed by atoms with van der Waals surface area (Å²) in [6.45, 7) is 4.75. The van der Waals surface area contributed by atoms with Gasteiger partial charge in [-0.2, -0.15) is 0 Å². The first kappa shape index (κ1) is 18.6. The minimum atomic E-state index is -1.29. The van der Waals surface area contributed by atoms with Crippen LogP contribution in [0.3, 0.4) is 0 Å². The van der Waals surface area contributed by atoms with Gasteiger partial charge in [-0.05, 0) is 31.7 Å². The minimum absolute atomic E-state index is 0.0920. The van der Waals surface area contributed by atoms with Crippen LogP contribution in [0.1, 0.15) is 43.9 Å². The lowest BCUT2D eigenvalue weighted by atomic mass is 9.96. The summed E-state index contributed by atoms with van der Waals surface area (Å²) in [6, 6.07) is 9.70. The Kier molecular flexibility index (Phi) is 6.54. The summed E-state index contributed by atoms with van der Waals surface area (Å²) in [5.41, 5.74) is 6.33. The molecule has 1 aliphatic rings. The number of carbonyl (C=O) groups is 2. The van der Waals surface area contributed by atoms with Crippen molar-refractivity contribution >= 4 is 22.6 Å². The molecule has 1 fully saturated rings. The number of nitrogens with two attached hydrogens (primary N) is 1. The first-order valence-electron chi connectivity index (χ1n) is 8.48. The number of rotatable bonds is 6. The van der Waals surface area contributed by atoms with Gasteiger partial charge in [-0.15, -0.1) is 0 Å². The van der Waals surface area contributed by atoms with Gasteiger partial charge in [0.2, 0.25) is 11.8 Å². The van der Waals surface area contributed by atoms with E-state index in [0.29, 0.717) is 25.9 Å². The van der Waals surface area contributed by atoms with Crippen LogP contribution in [0, 0.1) is 5.92 Å². The molecule has 0 spiro atoms. The molecule has 6 heteroatoms. The zero-order valence-corrected chi connectivity index (χ0v) is 15.1. The summed E-state index contributed by atoms with van der Waals surface area (Å²) in [5.74, 6) is -0.540. The van der Waals surface area contributed by atoms with Gasteiger partial charge in [-0.25, -0.2) is 0 Å². The van der Waals surface area contributed by atoms with Crippen LogP contribution in [-0.2, 0) is 20.4 Å². The number of benzene rings is 1. The fourth-order valence-corrected chi connectivity index (χ4v) is 4.78. The zero-order chi connectivity index (χ0) is 17.7. The van der Waals surface area contributed by atoms with Crippen LogP contribution in [0.4, 0.5) is 0 Å². The molecule has 24 heavy (non-hydrogen) atoms. The van der Waals surface area contributed by atoms with E-state index < -0.39 is 16.0 Å². The van der Waals surface area contributed by atoms with Crippen molar-refractivity contribution in [2.24, 2.45) is 11.7 Å². The number of hydrogen-bond donors (Lipinski definition) is 1. The van der Waals surface area contributed by atoms with Crippen molar-refractivity contribution in [3.8, 4) is 0 Å². The summed E-state index contributed by atoms with van der Waals surface area (Å²) >= 11 is 0. The van der Waals surface area contributed by atoms with Crippen molar-refractivity contribution < 1.29 is 13.8 Å². The lowest BCUT2D eigenvalue weighted by molar-refractivity contribution is -0.134. The molecule has 1 aromatic rings. The number of piperidine rings is 1. The van der Waals surface area contributed by atoms with Gasteiger partial charge in [0.15, 0.2) is 0 Å². The van der Waals surface area contributed by atoms with Crippen molar-refractivity contribution in [2.75, 3.05) is 13.1 Å². The second-order valence-corrected chi connectivity index (χ2v) is 8.21. The third-order valence-electron chi connectivity index (χ3n) is 4.73. The maximum atomic E-state index is 12.9. The first-order valence-corrected chi connectivity index (χ1v) is 9.75. The highest BCUT2D eigenvalue weighted by Gasteiger charge is 2.33. The average molecular weight is 350 g/mol. The van der Waals surface area contributed by atoms with Crippen LogP contribution in [0.5, 0.6) is 0 Å². The average Bonchev–Trinajstić information content (AvgIpc) is 2.62.